The van der Waals surface area contributed by atoms with Crippen molar-refractivity contribution in [3.05, 3.63) is 41.9 Å². The number of hydrogen-bond acceptors (Lipinski definition) is 4. The van der Waals surface area contributed by atoms with E-state index in [9.17, 15) is 4.79 Å². The normalized spacial score (nSPS) is 10.9. The molecular weight excluding hydrogens is 254 g/mol. The van der Waals surface area contributed by atoms with Crippen LogP contribution in [0, 0.1) is 6.92 Å². The molecule has 100 valence electrons. The van der Waals surface area contributed by atoms with Crippen molar-refractivity contribution in [3.8, 4) is 11.4 Å². The molecule has 0 unspecified atom stereocenters. The quantitative estimate of drug-likeness (QED) is 0.761. The molecule has 0 aliphatic rings. The highest BCUT2D eigenvalue weighted by Gasteiger charge is 2.18. The van der Waals surface area contributed by atoms with Crippen LogP contribution in [0.15, 0.2) is 30.3 Å². The number of aromatic nitrogens is 4. The Labute approximate surface area is 115 Å². The largest absolute Gasteiger partial charge is 0.364 e. The van der Waals surface area contributed by atoms with Crippen molar-refractivity contribution in [3.63, 3.8) is 0 Å². The first-order valence-corrected chi connectivity index (χ1v) is 6.14. The summed E-state index contributed by atoms with van der Waals surface area (Å²) in [7, 11) is 1.84. The van der Waals surface area contributed by atoms with Gasteiger partial charge in [-0.25, -0.2) is 15.0 Å². The van der Waals surface area contributed by atoms with Crippen LogP contribution in [0.25, 0.3) is 22.6 Å². The van der Waals surface area contributed by atoms with Crippen molar-refractivity contribution < 1.29 is 4.79 Å². The van der Waals surface area contributed by atoms with Crippen LogP contribution in [-0.4, -0.2) is 25.4 Å². The van der Waals surface area contributed by atoms with E-state index in [1.54, 1.807) is 0 Å². The number of carbonyl (C=O) groups excluding carboxylic acids is 1. The average Bonchev–Trinajstić information content (AvgIpc) is 2.74. The van der Waals surface area contributed by atoms with Gasteiger partial charge in [0.15, 0.2) is 17.2 Å². The number of benzene rings is 1. The van der Waals surface area contributed by atoms with Gasteiger partial charge in [-0.3, -0.25) is 4.79 Å². The molecule has 0 bridgehead atoms. The predicted octanol–water partition coefficient (Wildman–Crippen LogP) is 1.44. The van der Waals surface area contributed by atoms with Gasteiger partial charge in [0, 0.05) is 12.6 Å². The second-order valence-electron chi connectivity index (χ2n) is 4.52. The van der Waals surface area contributed by atoms with Crippen LogP contribution in [0.4, 0.5) is 0 Å². The summed E-state index contributed by atoms with van der Waals surface area (Å²) in [5.41, 5.74) is 7.43. The Balaban J connectivity index is 2.36. The third kappa shape index (κ3) is 1.82. The van der Waals surface area contributed by atoms with Gasteiger partial charge in [-0.05, 0) is 6.92 Å². The minimum absolute atomic E-state index is 0.151. The zero-order valence-electron chi connectivity index (χ0n) is 11.2. The van der Waals surface area contributed by atoms with E-state index in [4.69, 9.17) is 5.73 Å². The van der Waals surface area contributed by atoms with E-state index in [0.29, 0.717) is 17.0 Å². The zero-order valence-corrected chi connectivity index (χ0v) is 11.2. The molecule has 3 aromatic rings. The van der Waals surface area contributed by atoms with Gasteiger partial charge in [0.05, 0.1) is 0 Å². The average molecular weight is 267 g/mol. The summed E-state index contributed by atoms with van der Waals surface area (Å²) in [5, 5.41) is 0. The summed E-state index contributed by atoms with van der Waals surface area (Å²) in [4.78, 5) is 24.7. The lowest BCUT2D eigenvalue weighted by Crippen LogP contribution is -2.15. The van der Waals surface area contributed by atoms with Crippen molar-refractivity contribution in [1.82, 2.24) is 19.5 Å². The molecular formula is C14H13N5O. The molecule has 0 aliphatic heterocycles. The molecule has 3 rings (SSSR count). The Morgan fingerprint density at radius 2 is 1.85 bits per heavy atom. The van der Waals surface area contributed by atoms with Gasteiger partial charge in [-0.15, -0.1) is 0 Å². The highest BCUT2D eigenvalue weighted by atomic mass is 16.1. The van der Waals surface area contributed by atoms with E-state index < -0.39 is 5.91 Å². The molecule has 6 nitrogen and oxygen atoms in total. The van der Waals surface area contributed by atoms with Gasteiger partial charge in [0.1, 0.15) is 11.3 Å². The molecule has 2 N–H and O–H groups in total. The van der Waals surface area contributed by atoms with E-state index in [1.165, 1.54) is 0 Å². The van der Waals surface area contributed by atoms with Crippen LogP contribution >= 0.6 is 0 Å². The maximum atomic E-state index is 11.6. The molecule has 0 spiro atoms. The highest BCUT2D eigenvalue weighted by molar-refractivity contribution is 6.02. The number of primary amides is 1. The minimum atomic E-state index is -0.604. The van der Waals surface area contributed by atoms with Crippen LogP contribution < -0.4 is 5.73 Å². The smallest absolute Gasteiger partial charge is 0.269 e. The summed E-state index contributed by atoms with van der Waals surface area (Å²) in [6.45, 7) is 1.84. The zero-order chi connectivity index (χ0) is 14.3. The fourth-order valence-corrected chi connectivity index (χ4v) is 2.06. The lowest BCUT2D eigenvalue weighted by Gasteiger charge is -2.04. The van der Waals surface area contributed by atoms with Gasteiger partial charge in [0.2, 0.25) is 0 Å². The summed E-state index contributed by atoms with van der Waals surface area (Å²) < 4.78 is 1.82. The van der Waals surface area contributed by atoms with Gasteiger partial charge in [-0.1, -0.05) is 30.3 Å². The van der Waals surface area contributed by atoms with Crippen molar-refractivity contribution >= 4 is 17.1 Å². The Kier molecular flexibility index (Phi) is 2.71. The maximum absolute atomic E-state index is 11.6. The van der Waals surface area contributed by atoms with E-state index in [0.717, 1.165) is 11.4 Å². The Morgan fingerprint density at radius 3 is 2.50 bits per heavy atom. The fraction of sp³-hybridized carbons (Fsp3) is 0.143. The van der Waals surface area contributed by atoms with Gasteiger partial charge >= 0.3 is 0 Å². The molecule has 0 atom stereocenters. The fourth-order valence-electron chi connectivity index (χ4n) is 2.06. The first-order valence-electron chi connectivity index (χ1n) is 6.14. The highest BCUT2D eigenvalue weighted by Crippen LogP contribution is 2.21. The van der Waals surface area contributed by atoms with E-state index in [2.05, 4.69) is 15.0 Å². The summed E-state index contributed by atoms with van der Waals surface area (Å²) in [6, 6.07) is 9.46. The van der Waals surface area contributed by atoms with Gasteiger partial charge in [-0.2, -0.15) is 0 Å². The second kappa shape index (κ2) is 4.41. The molecule has 0 fully saturated rings. The molecule has 2 aromatic heterocycles. The number of fused-ring (bicyclic) bond motifs is 1. The molecule has 0 radical (unpaired) electrons. The lowest BCUT2D eigenvalue weighted by atomic mass is 10.2. The number of aryl methyl sites for hydroxylation is 2. The first kappa shape index (κ1) is 12.3. The number of amides is 1. The predicted molar refractivity (Wildman–Crippen MR) is 75.0 cm³/mol. The second-order valence-corrected chi connectivity index (χ2v) is 4.52. The van der Waals surface area contributed by atoms with Gasteiger partial charge in [0.25, 0.3) is 5.91 Å². The van der Waals surface area contributed by atoms with Crippen molar-refractivity contribution in [1.29, 1.82) is 0 Å². The third-order valence-electron chi connectivity index (χ3n) is 3.21. The Bertz CT molecular complexity index is 807. The van der Waals surface area contributed by atoms with Crippen LogP contribution in [0.5, 0.6) is 0 Å². The number of hydrogen-bond donors (Lipinski definition) is 1. The van der Waals surface area contributed by atoms with E-state index in [-0.39, 0.29) is 5.69 Å². The monoisotopic (exact) mass is 267 g/mol. The molecule has 6 heteroatoms. The lowest BCUT2D eigenvalue weighted by molar-refractivity contribution is 0.0997. The number of rotatable bonds is 2. The summed E-state index contributed by atoms with van der Waals surface area (Å²) >= 11 is 0. The third-order valence-corrected chi connectivity index (χ3v) is 3.21. The van der Waals surface area contributed by atoms with E-state index in [1.807, 2.05) is 48.9 Å². The van der Waals surface area contributed by atoms with Crippen molar-refractivity contribution in [2.75, 3.05) is 0 Å². The molecule has 0 saturated carbocycles. The number of imidazole rings is 1. The molecule has 0 aliphatic carbocycles. The first-order chi connectivity index (χ1) is 9.58. The van der Waals surface area contributed by atoms with Gasteiger partial charge < -0.3 is 10.3 Å². The molecule has 1 aromatic carbocycles. The van der Waals surface area contributed by atoms with Crippen LogP contribution in [-0.2, 0) is 7.05 Å². The topological polar surface area (TPSA) is 86.7 Å². The molecule has 20 heavy (non-hydrogen) atoms. The van der Waals surface area contributed by atoms with Crippen LogP contribution in [0.1, 0.15) is 16.3 Å². The Morgan fingerprint density at radius 1 is 1.15 bits per heavy atom. The standard InChI is InChI=1S/C14H13N5O/c1-8-16-11-10(12(15)20)17-13(18-14(11)19(8)2)9-6-4-3-5-7-9/h3-7H,1-2H3,(H2,15,20). The SMILES string of the molecule is Cc1nc2c(C(N)=O)nc(-c3ccccc3)nc2n1C. The molecule has 0 saturated heterocycles. The van der Waals surface area contributed by atoms with Crippen molar-refractivity contribution in [2.45, 2.75) is 6.92 Å². The van der Waals surface area contributed by atoms with E-state index >= 15 is 0 Å². The Hall–Kier alpha value is -2.76. The van der Waals surface area contributed by atoms with Crippen molar-refractivity contribution in [2.24, 2.45) is 12.8 Å². The minimum Gasteiger partial charge on any atom is -0.364 e. The molecule has 1 amide bonds. The van der Waals surface area contributed by atoms with Crippen LogP contribution in [0.2, 0.25) is 0 Å². The number of carbonyl (C=O) groups is 1. The molecule has 2 heterocycles. The number of nitrogens with two attached hydrogens (primary N) is 1. The summed E-state index contributed by atoms with van der Waals surface area (Å²) in [5.74, 6) is 0.615. The maximum Gasteiger partial charge on any atom is 0.269 e. The van der Waals surface area contributed by atoms with Crippen LogP contribution in [0.3, 0.4) is 0 Å². The number of nitrogens with zero attached hydrogens (tertiary/aromatic N) is 4. The summed E-state index contributed by atoms with van der Waals surface area (Å²) in [6.07, 6.45) is 0.